The van der Waals surface area contributed by atoms with Crippen molar-refractivity contribution in [1.29, 1.82) is 0 Å². The van der Waals surface area contributed by atoms with E-state index < -0.39 is 23.4 Å². The molecule has 0 saturated heterocycles. The summed E-state index contributed by atoms with van der Waals surface area (Å²) in [5.74, 6) is 0. The molecule has 0 bridgehead atoms. The van der Waals surface area contributed by atoms with E-state index in [1.807, 2.05) is 24.3 Å². The minimum atomic E-state index is -3.61. The second-order valence-corrected chi connectivity index (χ2v) is 19.3. The Bertz CT molecular complexity index is 946. The van der Waals surface area contributed by atoms with E-state index in [2.05, 4.69) is 52.7 Å². The van der Waals surface area contributed by atoms with Crippen LogP contribution in [0, 0.1) is 0 Å². The molecule has 1 aromatic heterocycles. The summed E-state index contributed by atoms with van der Waals surface area (Å²) in [4.78, 5) is 4.57. The zero-order chi connectivity index (χ0) is 25.4. The quantitative estimate of drug-likeness (QED) is 0.172. The number of aromatic nitrogens is 1. The summed E-state index contributed by atoms with van der Waals surface area (Å²) in [6, 6.07) is 7.71. The van der Waals surface area contributed by atoms with Gasteiger partial charge in [-0.05, 0) is 43.1 Å². The van der Waals surface area contributed by atoms with Gasteiger partial charge in [0.25, 0.3) is 0 Å². The third-order valence-corrected chi connectivity index (χ3v) is 15.5. The molecule has 0 N–H and O–H groups in total. The summed E-state index contributed by atoms with van der Waals surface area (Å²) < 4.78 is 36.3. The molecule has 2 aromatic rings. The minimum absolute atomic E-state index is 0.0288. The van der Waals surface area contributed by atoms with E-state index in [0.717, 1.165) is 61.6 Å². The van der Waals surface area contributed by atoms with Gasteiger partial charge in [0.2, 0.25) is 14.2 Å². The summed E-state index contributed by atoms with van der Waals surface area (Å²) in [5.41, 5.74) is 0.764. The number of hydrogen-bond acceptors (Lipinski definition) is 5. The van der Waals surface area contributed by atoms with Crippen LogP contribution in [-0.4, -0.2) is 33.1 Å². The number of unbranched alkanes of at least 4 members (excludes halogenated alkanes) is 6. The van der Waals surface area contributed by atoms with Crippen molar-refractivity contribution in [2.24, 2.45) is 0 Å². The Kier molecular flexibility index (Phi) is 11.2. The van der Waals surface area contributed by atoms with E-state index >= 15 is 0 Å². The molecule has 4 nitrogen and oxygen atoms in total. The highest BCUT2D eigenvalue weighted by Gasteiger charge is 2.44. The van der Waals surface area contributed by atoms with Crippen molar-refractivity contribution in [2.45, 2.75) is 133 Å². The Hall–Kier alpha value is -0.763. The van der Waals surface area contributed by atoms with Crippen LogP contribution in [0.1, 0.15) is 98.8 Å². The number of rotatable bonds is 15. The lowest BCUT2D eigenvalue weighted by molar-refractivity contribution is 0.156. The molecule has 0 radical (unpaired) electrons. The fraction of sp³-hybridized carbons (Fsp3) is 0.741. The average Bonchev–Trinajstić information content (AvgIpc) is 3.20. The molecule has 194 valence electrons. The molecule has 0 aliphatic heterocycles. The highest BCUT2D eigenvalue weighted by Crippen LogP contribution is 2.40. The van der Waals surface area contributed by atoms with E-state index in [4.69, 9.17) is 4.43 Å². The van der Waals surface area contributed by atoms with Crippen LogP contribution in [0.2, 0.25) is 18.1 Å². The van der Waals surface area contributed by atoms with Crippen LogP contribution in [0.25, 0.3) is 10.2 Å². The van der Waals surface area contributed by atoms with E-state index in [0.29, 0.717) is 6.42 Å². The maximum atomic E-state index is 14.1. The van der Waals surface area contributed by atoms with Gasteiger partial charge in [-0.3, -0.25) is 0 Å². The molecule has 1 heterocycles. The van der Waals surface area contributed by atoms with Gasteiger partial charge in [0.15, 0.2) is 8.32 Å². The number of sulfone groups is 1. The molecule has 0 fully saturated rings. The number of thiazole rings is 1. The zero-order valence-corrected chi connectivity index (χ0v) is 25.2. The van der Waals surface area contributed by atoms with Crippen LogP contribution in [-0.2, 0) is 14.3 Å². The summed E-state index contributed by atoms with van der Waals surface area (Å²) >= 11 is 1.31. The van der Waals surface area contributed by atoms with Gasteiger partial charge in [0.05, 0.1) is 21.6 Å². The van der Waals surface area contributed by atoms with Crippen molar-refractivity contribution in [2.75, 3.05) is 0 Å². The molecular weight excluding hydrogens is 479 g/mol. The third-order valence-electron chi connectivity index (χ3n) is 7.27. The lowest BCUT2D eigenvalue weighted by Crippen LogP contribution is -2.48. The summed E-state index contributed by atoms with van der Waals surface area (Å²) in [5, 5.41) is -0.512. The Morgan fingerprint density at radius 3 is 2.09 bits per heavy atom. The predicted molar refractivity (Wildman–Crippen MR) is 150 cm³/mol. The maximum absolute atomic E-state index is 14.1. The van der Waals surface area contributed by atoms with E-state index in [9.17, 15) is 8.42 Å². The van der Waals surface area contributed by atoms with Gasteiger partial charge in [0, 0.05) is 0 Å². The molecule has 1 aromatic carbocycles. The van der Waals surface area contributed by atoms with E-state index in [-0.39, 0.29) is 15.5 Å². The minimum Gasteiger partial charge on any atom is -0.413 e. The third kappa shape index (κ3) is 7.87. The largest absolute Gasteiger partial charge is 0.413 e. The van der Waals surface area contributed by atoms with Crippen molar-refractivity contribution < 1.29 is 12.8 Å². The van der Waals surface area contributed by atoms with Crippen LogP contribution >= 0.6 is 11.3 Å². The fourth-order valence-electron chi connectivity index (χ4n) is 4.06. The Labute approximate surface area is 214 Å². The summed E-state index contributed by atoms with van der Waals surface area (Å²) in [6.07, 6.45) is 9.88. The number of benzene rings is 1. The molecule has 34 heavy (non-hydrogen) atoms. The standard InChI is InChI=1S/C27H47NO3S2Si/c1-8-10-12-14-19-23(31-34(6,7)27(3,4)5)25(21-15-13-11-9-2)33(29,30)26-28-22-18-16-17-20-24(22)32-26/h16-18,20,23,25H,8-15,19,21H2,1-7H3/t23-,25-/m0/s1. The predicted octanol–water partition coefficient (Wildman–Crippen LogP) is 8.77. The molecule has 0 aliphatic rings. The molecule has 0 spiro atoms. The molecule has 0 unspecified atom stereocenters. The average molecular weight is 526 g/mol. The van der Waals surface area contributed by atoms with E-state index in [1.54, 1.807) is 0 Å². The van der Waals surface area contributed by atoms with E-state index in [1.165, 1.54) is 17.8 Å². The van der Waals surface area contributed by atoms with Crippen LogP contribution < -0.4 is 0 Å². The maximum Gasteiger partial charge on any atom is 0.210 e. The number of nitrogens with zero attached hydrogens (tertiary/aromatic N) is 1. The first-order valence-electron chi connectivity index (χ1n) is 13.2. The lowest BCUT2D eigenvalue weighted by Gasteiger charge is -2.41. The van der Waals surface area contributed by atoms with Crippen LogP contribution in [0.3, 0.4) is 0 Å². The van der Waals surface area contributed by atoms with Crippen molar-refractivity contribution in [3.05, 3.63) is 24.3 Å². The first-order chi connectivity index (χ1) is 15.9. The van der Waals surface area contributed by atoms with Gasteiger partial charge < -0.3 is 4.43 Å². The first kappa shape index (κ1) is 29.5. The first-order valence-corrected chi connectivity index (χ1v) is 18.5. The second-order valence-electron chi connectivity index (χ2n) is 11.1. The lowest BCUT2D eigenvalue weighted by atomic mass is 10.0. The van der Waals surface area contributed by atoms with Gasteiger partial charge in [-0.1, -0.05) is 98.1 Å². The van der Waals surface area contributed by atoms with Gasteiger partial charge in [-0.15, -0.1) is 11.3 Å². The van der Waals surface area contributed by atoms with Crippen molar-refractivity contribution in [1.82, 2.24) is 4.98 Å². The highest BCUT2D eigenvalue weighted by molar-refractivity contribution is 7.94. The second kappa shape index (κ2) is 13.0. The van der Waals surface area contributed by atoms with Crippen molar-refractivity contribution in [3.8, 4) is 0 Å². The molecule has 0 aliphatic carbocycles. The van der Waals surface area contributed by atoms with Gasteiger partial charge in [-0.2, -0.15) is 0 Å². The fourth-order valence-corrected chi connectivity index (χ4v) is 8.91. The van der Waals surface area contributed by atoms with Gasteiger partial charge in [-0.25, -0.2) is 13.4 Å². The van der Waals surface area contributed by atoms with Crippen molar-refractivity contribution >= 4 is 39.7 Å². The smallest absolute Gasteiger partial charge is 0.210 e. The van der Waals surface area contributed by atoms with Crippen LogP contribution in [0.5, 0.6) is 0 Å². The van der Waals surface area contributed by atoms with Crippen LogP contribution in [0.15, 0.2) is 28.6 Å². The number of para-hydroxylation sites is 1. The SMILES string of the molecule is CCCCCC[C@H](O[Si](C)(C)C(C)(C)C)[C@H](CCCCCC)S(=O)(=O)c1nc2ccccc2s1. The van der Waals surface area contributed by atoms with Crippen molar-refractivity contribution in [3.63, 3.8) is 0 Å². The molecule has 0 saturated carbocycles. The summed E-state index contributed by atoms with van der Waals surface area (Å²) in [6.45, 7) is 15.6. The monoisotopic (exact) mass is 525 g/mol. The molecular formula is C27H47NO3S2Si. The number of hydrogen-bond donors (Lipinski definition) is 0. The number of fused-ring (bicyclic) bond motifs is 1. The Morgan fingerprint density at radius 1 is 0.941 bits per heavy atom. The van der Waals surface area contributed by atoms with Gasteiger partial charge in [0.1, 0.15) is 0 Å². The molecule has 7 heteroatoms. The Morgan fingerprint density at radius 2 is 1.53 bits per heavy atom. The topological polar surface area (TPSA) is 56.3 Å². The normalized spacial score (nSPS) is 15.0. The highest BCUT2D eigenvalue weighted by atomic mass is 32.2. The summed E-state index contributed by atoms with van der Waals surface area (Å²) in [7, 11) is -5.75. The molecule has 0 amide bonds. The molecule has 2 rings (SSSR count). The molecule has 2 atom stereocenters. The van der Waals surface area contributed by atoms with Crippen LogP contribution in [0.4, 0.5) is 0 Å². The van der Waals surface area contributed by atoms with Gasteiger partial charge >= 0.3 is 0 Å². The zero-order valence-electron chi connectivity index (χ0n) is 22.5. The Balaban J connectivity index is 2.44.